The van der Waals surface area contributed by atoms with Gasteiger partial charge in [-0.15, -0.1) is 0 Å². The molecule has 0 amide bonds. The Morgan fingerprint density at radius 2 is 1.95 bits per heavy atom. The molecule has 102 valence electrons. The summed E-state index contributed by atoms with van der Waals surface area (Å²) < 4.78 is 1.78. The molecular weight excluding hydrogens is 297 g/mol. The lowest BCUT2D eigenvalue weighted by Gasteiger charge is -2.10. The van der Waals surface area contributed by atoms with Crippen molar-refractivity contribution in [1.82, 2.24) is 9.55 Å². The van der Waals surface area contributed by atoms with Crippen LogP contribution >= 0.6 is 23.2 Å². The normalized spacial score (nSPS) is 11.2. The van der Waals surface area contributed by atoms with Gasteiger partial charge in [0, 0.05) is 10.7 Å². The number of aliphatic hydroxyl groups is 1. The van der Waals surface area contributed by atoms with Crippen LogP contribution in [0.15, 0.2) is 36.4 Å². The summed E-state index contributed by atoms with van der Waals surface area (Å²) in [4.78, 5) is 4.37. The zero-order chi connectivity index (χ0) is 14.3. The average Bonchev–Trinajstić information content (AvgIpc) is 2.78. The van der Waals surface area contributed by atoms with Gasteiger partial charge in [0.1, 0.15) is 12.4 Å². The van der Waals surface area contributed by atoms with Gasteiger partial charge >= 0.3 is 0 Å². The SMILES string of the molecule is Nc1ccc2c(c1)nc(CO)n2-c1cc(Cl)ccc1Cl. The van der Waals surface area contributed by atoms with Gasteiger partial charge in [-0.2, -0.15) is 0 Å². The van der Waals surface area contributed by atoms with Crippen LogP contribution in [0.1, 0.15) is 5.82 Å². The number of nitrogens with two attached hydrogens (primary N) is 1. The van der Waals surface area contributed by atoms with Crippen LogP contribution in [0.4, 0.5) is 5.69 Å². The Kier molecular flexibility index (Phi) is 3.30. The van der Waals surface area contributed by atoms with E-state index in [9.17, 15) is 5.11 Å². The molecule has 0 spiro atoms. The highest BCUT2D eigenvalue weighted by Crippen LogP contribution is 2.30. The summed E-state index contributed by atoms with van der Waals surface area (Å²) in [6.07, 6.45) is 0. The Labute approximate surface area is 125 Å². The van der Waals surface area contributed by atoms with Gasteiger partial charge in [0.15, 0.2) is 0 Å². The fraction of sp³-hybridized carbons (Fsp3) is 0.0714. The minimum absolute atomic E-state index is 0.211. The number of hydrogen-bond donors (Lipinski definition) is 2. The molecule has 0 unspecified atom stereocenters. The van der Waals surface area contributed by atoms with Crippen molar-refractivity contribution in [3.05, 3.63) is 52.3 Å². The minimum Gasteiger partial charge on any atom is -0.399 e. The molecule has 0 atom stereocenters. The van der Waals surface area contributed by atoms with Crippen molar-refractivity contribution in [2.24, 2.45) is 0 Å². The lowest BCUT2D eigenvalue weighted by atomic mass is 10.2. The van der Waals surface area contributed by atoms with Crippen molar-refractivity contribution in [1.29, 1.82) is 0 Å². The van der Waals surface area contributed by atoms with Crippen LogP contribution < -0.4 is 5.73 Å². The second kappa shape index (κ2) is 4.98. The Morgan fingerprint density at radius 3 is 2.70 bits per heavy atom. The molecule has 0 saturated heterocycles. The Balaban J connectivity index is 2.37. The number of nitrogen functional groups attached to an aromatic ring is 1. The van der Waals surface area contributed by atoms with Gasteiger partial charge in [-0.1, -0.05) is 23.2 Å². The van der Waals surface area contributed by atoms with E-state index in [1.807, 2.05) is 6.07 Å². The third kappa shape index (κ3) is 2.12. The molecule has 3 aromatic rings. The predicted molar refractivity (Wildman–Crippen MR) is 81.4 cm³/mol. The smallest absolute Gasteiger partial charge is 0.140 e. The zero-order valence-electron chi connectivity index (χ0n) is 10.3. The number of anilines is 1. The molecule has 2 aromatic carbocycles. The van der Waals surface area contributed by atoms with E-state index in [-0.39, 0.29) is 6.61 Å². The molecule has 1 aromatic heterocycles. The Bertz CT molecular complexity index is 798. The van der Waals surface area contributed by atoms with Gasteiger partial charge in [-0.05, 0) is 36.4 Å². The van der Waals surface area contributed by atoms with Gasteiger partial charge in [0.25, 0.3) is 0 Å². The quantitative estimate of drug-likeness (QED) is 0.713. The highest BCUT2D eigenvalue weighted by molar-refractivity contribution is 6.34. The molecule has 0 fully saturated rings. The van der Waals surface area contributed by atoms with E-state index in [1.54, 1.807) is 34.9 Å². The van der Waals surface area contributed by atoms with E-state index in [0.717, 1.165) is 5.52 Å². The molecule has 0 radical (unpaired) electrons. The molecule has 0 bridgehead atoms. The maximum Gasteiger partial charge on any atom is 0.140 e. The lowest BCUT2D eigenvalue weighted by molar-refractivity contribution is 0.270. The van der Waals surface area contributed by atoms with Crippen molar-refractivity contribution in [3.63, 3.8) is 0 Å². The highest BCUT2D eigenvalue weighted by atomic mass is 35.5. The van der Waals surface area contributed by atoms with Crippen molar-refractivity contribution in [3.8, 4) is 5.69 Å². The number of aromatic nitrogens is 2. The maximum absolute atomic E-state index is 9.52. The second-order valence-electron chi connectivity index (χ2n) is 4.37. The number of hydrogen-bond acceptors (Lipinski definition) is 3. The zero-order valence-corrected chi connectivity index (χ0v) is 11.9. The van der Waals surface area contributed by atoms with Gasteiger partial charge in [0.05, 0.1) is 21.7 Å². The van der Waals surface area contributed by atoms with Crippen LogP contribution in [-0.2, 0) is 6.61 Å². The van der Waals surface area contributed by atoms with E-state index in [0.29, 0.717) is 32.8 Å². The van der Waals surface area contributed by atoms with Crippen molar-refractivity contribution < 1.29 is 5.11 Å². The molecule has 0 aliphatic carbocycles. The van der Waals surface area contributed by atoms with Crippen LogP contribution in [0.25, 0.3) is 16.7 Å². The molecule has 0 saturated carbocycles. The maximum atomic E-state index is 9.52. The van der Waals surface area contributed by atoms with E-state index in [2.05, 4.69) is 4.98 Å². The van der Waals surface area contributed by atoms with E-state index < -0.39 is 0 Å². The summed E-state index contributed by atoms with van der Waals surface area (Å²) in [6, 6.07) is 10.5. The van der Waals surface area contributed by atoms with E-state index in [4.69, 9.17) is 28.9 Å². The largest absolute Gasteiger partial charge is 0.399 e. The summed E-state index contributed by atoms with van der Waals surface area (Å²) in [5, 5.41) is 10.6. The average molecular weight is 308 g/mol. The third-order valence-electron chi connectivity index (χ3n) is 3.04. The summed E-state index contributed by atoms with van der Waals surface area (Å²) in [6.45, 7) is -0.211. The molecular formula is C14H11Cl2N3O. The minimum atomic E-state index is -0.211. The first kappa shape index (κ1) is 13.2. The molecule has 20 heavy (non-hydrogen) atoms. The molecule has 0 aliphatic rings. The second-order valence-corrected chi connectivity index (χ2v) is 5.21. The summed E-state index contributed by atoms with van der Waals surface area (Å²) in [5.41, 5.74) is 8.56. The molecule has 0 aliphatic heterocycles. The number of aliphatic hydroxyl groups excluding tert-OH is 1. The van der Waals surface area contributed by atoms with Crippen LogP contribution in [-0.4, -0.2) is 14.7 Å². The lowest BCUT2D eigenvalue weighted by Crippen LogP contribution is -2.01. The Hall–Kier alpha value is -1.75. The number of halogens is 2. The Morgan fingerprint density at radius 1 is 1.15 bits per heavy atom. The molecule has 1 heterocycles. The van der Waals surface area contributed by atoms with Crippen molar-refractivity contribution in [2.75, 3.05) is 5.73 Å². The number of rotatable bonds is 2. The molecule has 4 nitrogen and oxygen atoms in total. The fourth-order valence-electron chi connectivity index (χ4n) is 2.18. The first-order valence-electron chi connectivity index (χ1n) is 5.93. The van der Waals surface area contributed by atoms with Gasteiger partial charge < -0.3 is 10.8 Å². The first-order chi connectivity index (χ1) is 9.60. The first-order valence-corrected chi connectivity index (χ1v) is 6.69. The molecule has 6 heteroatoms. The van der Waals surface area contributed by atoms with Crippen LogP contribution in [0.5, 0.6) is 0 Å². The van der Waals surface area contributed by atoms with Crippen LogP contribution in [0.2, 0.25) is 10.0 Å². The summed E-state index contributed by atoms with van der Waals surface area (Å²) >= 11 is 12.3. The number of nitrogens with zero attached hydrogens (tertiary/aromatic N) is 2. The fourth-order valence-corrected chi connectivity index (χ4v) is 2.55. The number of imidazole rings is 1. The predicted octanol–water partition coefficient (Wildman–Crippen LogP) is 3.41. The van der Waals surface area contributed by atoms with Crippen LogP contribution in [0, 0.1) is 0 Å². The summed E-state index contributed by atoms with van der Waals surface area (Å²) in [5.74, 6) is 0.481. The topological polar surface area (TPSA) is 64.1 Å². The third-order valence-corrected chi connectivity index (χ3v) is 3.59. The van der Waals surface area contributed by atoms with Gasteiger partial charge in [-0.25, -0.2) is 4.98 Å². The molecule has 3 rings (SSSR count). The standard InChI is InChI=1S/C14H11Cl2N3O/c15-8-1-3-10(16)13(5-8)19-12-4-2-9(17)6-11(12)18-14(19)7-20/h1-6,20H,7,17H2. The van der Waals surface area contributed by atoms with Crippen molar-refractivity contribution in [2.45, 2.75) is 6.61 Å². The van der Waals surface area contributed by atoms with E-state index >= 15 is 0 Å². The monoisotopic (exact) mass is 307 g/mol. The van der Waals surface area contributed by atoms with Gasteiger partial charge in [0.2, 0.25) is 0 Å². The number of benzene rings is 2. The summed E-state index contributed by atoms with van der Waals surface area (Å²) in [7, 11) is 0. The van der Waals surface area contributed by atoms with Crippen molar-refractivity contribution >= 4 is 39.9 Å². The van der Waals surface area contributed by atoms with Crippen LogP contribution in [0.3, 0.4) is 0 Å². The van der Waals surface area contributed by atoms with E-state index in [1.165, 1.54) is 0 Å². The number of fused-ring (bicyclic) bond motifs is 1. The molecule has 3 N–H and O–H groups in total. The highest BCUT2D eigenvalue weighted by Gasteiger charge is 2.14. The van der Waals surface area contributed by atoms with Gasteiger partial charge in [-0.3, -0.25) is 4.57 Å².